The van der Waals surface area contributed by atoms with Gasteiger partial charge in [-0.25, -0.2) is 4.98 Å². The summed E-state index contributed by atoms with van der Waals surface area (Å²) in [5.41, 5.74) is 8.42. The number of aromatic amines is 1. The summed E-state index contributed by atoms with van der Waals surface area (Å²) >= 11 is 0. The number of aryl methyl sites for hydroxylation is 1. The summed E-state index contributed by atoms with van der Waals surface area (Å²) in [5, 5.41) is 9.16. The second-order valence-electron chi connectivity index (χ2n) is 8.56. The second kappa shape index (κ2) is 9.68. The number of aromatic nitrogens is 4. The van der Waals surface area contributed by atoms with Crippen LogP contribution in [-0.2, 0) is 13.0 Å². The van der Waals surface area contributed by atoms with E-state index in [1.54, 1.807) is 18.3 Å². The molecule has 0 aliphatic carbocycles. The molecule has 4 N–H and O–H groups in total. The molecule has 1 amide bonds. The molecule has 170 valence electrons. The number of carbonyl (C=O) groups excluding carboxylic acids is 1. The maximum Gasteiger partial charge on any atom is 0.259 e. The van der Waals surface area contributed by atoms with E-state index < -0.39 is 5.91 Å². The van der Waals surface area contributed by atoms with Gasteiger partial charge in [0.25, 0.3) is 5.56 Å². The Balaban J connectivity index is 1.52. The van der Waals surface area contributed by atoms with Crippen LogP contribution in [0.25, 0.3) is 22.0 Å². The number of pyridine rings is 2. The van der Waals surface area contributed by atoms with Crippen molar-refractivity contribution >= 4 is 22.5 Å². The highest BCUT2D eigenvalue weighted by Gasteiger charge is 2.12. The fraction of sp³-hybridized carbons (Fsp3) is 0.280. The van der Waals surface area contributed by atoms with Gasteiger partial charge in [0.15, 0.2) is 0 Å². The fourth-order valence-corrected chi connectivity index (χ4v) is 3.79. The number of nitrogens with one attached hydrogen (secondary N) is 2. The van der Waals surface area contributed by atoms with Crippen molar-refractivity contribution in [2.75, 3.05) is 11.9 Å². The third-order valence-electron chi connectivity index (χ3n) is 5.41. The van der Waals surface area contributed by atoms with E-state index in [0.717, 1.165) is 41.6 Å². The van der Waals surface area contributed by atoms with Crippen LogP contribution in [-0.4, -0.2) is 32.2 Å². The molecule has 0 aliphatic rings. The minimum atomic E-state index is -0.430. The van der Waals surface area contributed by atoms with Crippen molar-refractivity contribution < 1.29 is 4.79 Å². The summed E-state index contributed by atoms with van der Waals surface area (Å²) in [7, 11) is 0. The van der Waals surface area contributed by atoms with E-state index in [0.29, 0.717) is 29.2 Å². The molecule has 0 aliphatic heterocycles. The van der Waals surface area contributed by atoms with Gasteiger partial charge in [-0.05, 0) is 54.0 Å². The highest BCUT2D eigenvalue weighted by Crippen LogP contribution is 2.25. The molecule has 0 saturated carbocycles. The molecule has 1 aromatic carbocycles. The van der Waals surface area contributed by atoms with Gasteiger partial charge in [0.2, 0.25) is 5.91 Å². The molecule has 0 bridgehead atoms. The average molecular weight is 445 g/mol. The Morgan fingerprint density at radius 3 is 2.73 bits per heavy atom. The van der Waals surface area contributed by atoms with Crippen LogP contribution >= 0.6 is 0 Å². The van der Waals surface area contributed by atoms with Crippen LogP contribution in [0.5, 0.6) is 0 Å². The van der Waals surface area contributed by atoms with E-state index in [2.05, 4.69) is 29.2 Å². The zero-order valence-electron chi connectivity index (χ0n) is 18.8. The van der Waals surface area contributed by atoms with E-state index in [9.17, 15) is 9.59 Å². The number of primary amides is 1. The summed E-state index contributed by atoms with van der Waals surface area (Å²) in [4.78, 5) is 31.2. The molecule has 0 atom stereocenters. The Labute approximate surface area is 191 Å². The molecule has 33 heavy (non-hydrogen) atoms. The van der Waals surface area contributed by atoms with Crippen LogP contribution in [0.2, 0.25) is 0 Å². The first-order valence-electron chi connectivity index (χ1n) is 11.1. The van der Waals surface area contributed by atoms with E-state index in [-0.39, 0.29) is 5.56 Å². The van der Waals surface area contributed by atoms with E-state index in [1.807, 2.05) is 41.3 Å². The van der Waals surface area contributed by atoms with Crippen LogP contribution in [0.1, 0.15) is 36.2 Å². The number of hydrogen-bond donors (Lipinski definition) is 3. The Morgan fingerprint density at radius 2 is 2.00 bits per heavy atom. The molecule has 0 fully saturated rings. The van der Waals surface area contributed by atoms with Gasteiger partial charge in [-0.15, -0.1) is 0 Å². The molecular weight excluding hydrogens is 416 g/mol. The first-order chi connectivity index (χ1) is 15.9. The van der Waals surface area contributed by atoms with E-state index in [4.69, 9.17) is 10.7 Å². The van der Waals surface area contributed by atoms with Crippen LogP contribution < -0.4 is 16.6 Å². The fourth-order valence-electron chi connectivity index (χ4n) is 3.79. The van der Waals surface area contributed by atoms with Gasteiger partial charge < -0.3 is 16.0 Å². The summed E-state index contributed by atoms with van der Waals surface area (Å²) in [6.07, 6.45) is 7.10. The first kappa shape index (κ1) is 22.3. The number of anilines is 1. The van der Waals surface area contributed by atoms with Gasteiger partial charge in [-0.1, -0.05) is 26.0 Å². The Morgan fingerprint density at radius 1 is 1.21 bits per heavy atom. The van der Waals surface area contributed by atoms with Crippen molar-refractivity contribution in [3.05, 3.63) is 76.5 Å². The van der Waals surface area contributed by atoms with Gasteiger partial charge in [0, 0.05) is 36.6 Å². The minimum absolute atomic E-state index is 0.174. The Bertz CT molecular complexity index is 1320. The number of hydrogen-bond acceptors (Lipinski definition) is 5. The molecule has 4 aromatic rings. The largest absolute Gasteiger partial charge is 0.369 e. The van der Waals surface area contributed by atoms with Crippen molar-refractivity contribution in [3.8, 4) is 11.3 Å². The molecule has 0 radical (unpaired) electrons. The number of amides is 1. The highest BCUT2D eigenvalue weighted by molar-refractivity contribution is 5.94. The molecule has 8 heteroatoms. The van der Waals surface area contributed by atoms with E-state index >= 15 is 0 Å². The van der Waals surface area contributed by atoms with Gasteiger partial charge in [-0.3, -0.25) is 14.3 Å². The molecule has 0 spiro atoms. The minimum Gasteiger partial charge on any atom is -0.369 e. The zero-order chi connectivity index (χ0) is 23.4. The molecule has 4 rings (SSSR count). The number of carbonyl (C=O) groups is 1. The normalized spacial score (nSPS) is 11.2. The van der Waals surface area contributed by atoms with Crippen LogP contribution in [0, 0.1) is 5.92 Å². The molecule has 0 unspecified atom stereocenters. The average Bonchev–Trinajstić information content (AvgIpc) is 3.24. The van der Waals surface area contributed by atoms with E-state index in [1.165, 1.54) is 0 Å². The summed E-state index contributed by atoms with van der Waals surface area (Å²) in [6, 6.07) is 11.1. The number of H-pyrrole nitrogens is 1. The van der Waals surface area contributed by atoms with Gasteiger partial charge in [0.05, 0.1) is 17.3 Å². The third kappa shape index (κ3) is 5.28. The second-order valence-corrected chi connectivity index (χ2v) is 8.56. The zero-order valence-corrected chi connectivity index (χ0v) is 18.8. The monoisotopic (exact) mass is 444 g/mol. The quantitative estimate of drug-likeness (QED) is 0.341. The predicted molar refractivity (Wildman–Crippen MR) is 130 cm³/mol. The van der Waals surface area contributed by atoms with Crippen molar-refractivity contribution in [2.45, 2.75) is 33.2 Å². The van der Waals surface area contributed by atoms with Crippen molar-refractivity contribution in [1.82, 2.24) is 19.7 Å². The summed E-state index contributed by atoms with van der Waals surface area (Å²) < 4.78 is 1.92. The van der Waals surface area contributed by atoms with Gasteiger partial charge >= 0.3 is 0 Å². The Kier molecular flexibility index (Phi) is 6.53. The number of benzene rings is 1. The molecule has 0 saturated heterocycles. The van der Waals surface area contributed by atoms with Crippen molar-refractivity contribution in [3.63, 3.8) is 0 Å². The third-order valence-corrected chi connectivity index (χ3v) is 5.41. The maximum atomic E-state index is 12.5. The molecule has 3 aromatic heterocycles. The van der Waals surface area contributed by atoms with Crippen LogP contribution in [0.4, 0.5) is 5.82 Å². The number of nitrogens with two attached hydrogens (primary N) is 1. The standard InChI is InChI=1S/C25H28N6O2/c1-16(2)14-31-15-20(13-29-31)21-12-19-9-11-28-25(33)22(19)24(30-21)27-10-3-4-17-5-7-18(8-6-17)23(26)32/h5-9,11-13,15-16H,3-4,10,14H2,1-2H3,(H2,26,32)(H,27,30)(H,28,33). The lowest BCUT2D eigenvalue weighted by atomic mass is 10.1. The lowest BCUT2D eigenvalue weighted by Gasteiger charge is -2.11. The number of rotatable bonds is 9. The van der Waals surface area contributed by atoms with Crippen LogP contribution in [0.3, 0.4) is 0 Å². The van der Waals surface area contributed by atoms with Crippen molar-refractivity contribution in [2.24, 2.45) is 11.7 Å². The molecular formula is C25H28N6O2. The topological polar surface area (TPSA) is 119 Å². The lowest BCUT2D eigenvalue weighted by molar-refractivity contribution is 0.100. The summed E-state index contributed by atoms with van der Waals surface area (Å²) in [5.74, 6) is 0.621. The lowest BCUT2D eigenvalue weighted by Crippen LogP contribution is -2.12. The van der Waals surface area contributed by atoms with Gasteiger partial charge in [-0.2, -0.15) is 5.10 Å². The SMILES string of the molecule is CC(C)Cn1cc(-c2cc3cc[nH]c(=O)c3c(NCCCc3ccc(C(N)=O)cc3)n2)cn1. The Hall–Kier alpha value is -3.94. The van der Waals surface area contributed by atoms with Crippen LogP contribution in [0.15, 0.2) is 59.8 Å². The van der Waals surface area contributed by atoms with Crippen molar-refractivity contribution in [1.29, 1.82) is 0 Å². The number of nitrogens with zero attached hydrogens (tertiary/aromatic N) is 3. The number of fused-ring (bicyclic) bond motifs is 1. The van der Waals surface area contributed by atoms with Gasteiger partial charge in [0.1, 0.15) is 5.82 Å². The summed E-state index contributed by atoms with van der Waals surface area (Å²) in [6.45, 7) is 5.77. The predicted octanol–water partition coefficient (Wildman–Crippen LogP) is 3.59. The maximum absolute atomic E-state index is 12.5. The molecule has 3 heterocycles. The first-order valence-corrected chi connectivity index (χ1v) is 11.1. The molecule has 8 nitrogen and oxygen atoms in total. The smallest absolute Gasteiger partial charge is 0.259 e. The highest BCUT2D eigenvalue weighted by atomic mass is 16.1.